The van der Waals surface area contributed by atoms with E-state index in [1.54, 1.807) is 12.3 Å². The number of ether oxygens (including phenoxy) is 1. The fourth-order valence-corrected chi connectivity index (χ4v) is 2.00. The Kier molecular flexibility index (Phi) is 3.61. The summed E-state index contributed by atoms with van der Waals surface area (Å²) >= 11 is 0. The molecule has 22 heavy (non-hydrogen) atoms. The standard InChI is InChI=1S/C15H12N4O3/c1-10-3-2-6-19-13(20)7-11(18-14(10)19)9-22-15(21)12-8-16-4-5-17-12/h2-8H,9H2,1H3. The highest BCUT2D eigenvalue weighted by atomic mass is 16.5. The number of aryl methyl sites for hydroxylation is 1. The van der Waals surface area contributed by atoms with E-state index in [1.165, 1.54) is 29.1 Å². The first kappa shape index (κ1) is 13.9. The van der Waals surface area contributed by atoms with Gasteiger partial charge in [-0.3, -0.25) is 14.2 Å². The molecule has 0 aliphatic rings. The van der Waals surface area contributed by atoms with Crippen molar-refractivity contribution in [3.63, 3.8) is 0 Å². The van der Waals surface area contributed by atoms with Crippen LogP contribution in [0.15, 0.2) is 47.8 Å². The van der Waals surface area contributed by atoms with E-state index >= 15 is 0 Å². The van der Waals surface area contributed by atoms with Crippen molar-refractivity contribution in [2.45, 2.75) is 13.5 Å². The number of hydrogen-bond acceptors (Lipinski definition) is 6. The number of hydrogen-bond donors (Lipinski definition) is 0. The molecule has 3 aromatic heterocycles. The van der Waals surface area contributed by atoms with Crippen LogP contribution in [0.4, 0.5) is 0 Å². The molecular formula is C15H12N4O3. The number of carbonyl (C=O) groups excluding carboxylic acids is 1. The van der Waals surface area contributed by atoms with Crippen molar-refractivity contribution in [3.05, 3.63) is 70.3 Å². The number of pyridine rings is 1. The summed E-state index contributed by atoms with van der Waals surface area (Å²) in [6.45, 7) is 1.76. The zero-order valence-corrected chi connectivity index (χ0v) is 11.8. The summed E-state index contributed by atoms with van der Waals surface area (Å²) in [5.74, 6) is -0.611. The van der Waals surface area contributed by atoms with Gasteiger partial charge in [0.15, 0.2) is 5.69 Å². The molecule has 0 saturated heterocycles. The molecule has 0 fully saturated rings. The van der Waals surface area contributed by atoms with E-state index in [9.17, 15) is 9.59 Å². The number of rotatable bonds is 3. The van der Waals surface area contributed by atoms with Crippen molar-refractivity contribution in [1.29, 1.82) is 0 Å². The minimum atomic E-state index is -0.611. The van der Waals surface area contributed by atoms with E-state index in [1.807, 2.05) is 13.0 Å². The first-order valence-electron chi connectivity index (χ1n) is 6.56. The molecule has 3 heterocycles. The molecule has 0 radical (unpaired) electrons. The molecule has 3 rings (SSSR count). The maximum absolute atomic E-state index is 12.0. The van der Waals surface area contributed by atoms with Crippen LogP contribution in [-0.2, 0) is 11.3 Å². The molecule has 0 saturated carbocycles. The van der Waals surface area contributed by atoms with Crippen LogP contribution in [0, 0.1) is 6.92 Å². The highest BCUT2D eigenvalue weighted by Crippen LogP contribution is 2.07. The third-order valence-electron chi connectivity index (χ3n) is 3.06. The van der Waals surface area contributed by atoms with Gasteiger partial charge in [-0.15, -0.1) is 0 Å². The van der Waals surface area contributed by atoms with Gasteiger partial charge in [0.05, 0.1) is 11.9 Å². The highest BCUT2D eigenvalue weighted by molar-refractivity contribution is 5.86. The fourth-order valence-electron chi connectivity index (χ4n) is 2.00. The van der Waals surface area contributed by atoms with Crippen LogP contribution in [-0.4, -0.2) is 25.3 Å². The monoisotopic (exact) mass is 296 g/mol. The number of aromatic nitrogens is 4. The Morgan fingerprint density at radius 2 is 2.23 bits per heavy atom. The zero-order valence-electron chi connectivity index (χ0n) is 11.8. The predicted molar refractivity (Wildman–Crippen MR) is 77.4 cm³/mol. The quantitative estimate of drug-likeness (QED) is 0.674. The van der Waals surface area contributed by atoms with E-state index in [-0.39, 0.29) is 17.9 Å². The Balaban J connectivity index is 1.84. The second-order valence-electron chi connectivity index (χ2n) is 4.64. The molecule has 0 N–H and O–H groups in total. The maximum atomic E-state index is 12.0. The summed E-state index contributed by atoms with van der Waals surface area (Å²) in [4.78, 5) is 35.8. The molecule has 110 valence electrons. The normalized spacial score (nSPS) is 10.6. The number of fused-ring (bicyclic) bond motifs is 1. The average molecular weight is 296 g/mol. The first-order valence-corrected chi connectivity index (χ1v) is 6.56. The van der Waals surface area contributed by atoms with Crippen LogP contribution in [0.25, 0.3) is 5.65 Å². The first-order chi connectivity index (χ1) is 10.6. The fraction of sp³-hybridized carbons (Fsp3) is 0.133. The van der Waals surface area contributed by atoms with Gasteiger partial charge in [-0.2, -0.15) is 0 Å². The van der Waals surface area contributed by atoms with Gasteiger partial charge in [0, 0.05) is 24.7 Å². The predicted octanol–water partition coefficient (Wildman–Crippen LogP) is 1.15. The number of carbonyl (C=O) groups is 1. The highest BCUT2D eigenvalue weighted by Gasteiger charge is 2.10. The van der Waals surface area contributed by atoms with E-state index in [4.69, 9.17) is 4.74 Å². The lowest BCUT2D eigenvalue weighted by atomic mass is 10.3. The van der Waals surface area contributed by atoms with Gasteiger partial charge in [0.25, 0.3) is 5.56 Å². The van der Waals surface area contributed by atoms with Crippen molar-refractivity contribution >= 4 is 11.6 Å². The van der Waals surface area contributed by atoms with Crippen molar-refractivity contribution in [2.75, 3.05) is 0 Å². The van der Waals surface area contributed by atoms with E-state index in [2.05, 4.69) is 15.0 Å². The summed E-state index contributed by atoms with van der Waals surface area (Å²) in [5.41, 5.74) is 1.68. The van der Waals surface area contributed by atoms with Gasteiger partial charge in [0.2, 0.25) is 0 Å². The molecule has 0 aliphatic carbocycles. The van der Waals surface area contributed by atoms with Crippen molar-refractivity contribution in [1.82, 2.24) is 19.4 Å². The second kappa shape index (κ2) is 5.72. The Labute approximate surface area is 125 Å². The lowest BCUT2D eigenvalue weighted by Crippen LogP contribution is -2.17. The topological polar surface area (TPSA) is 86.5 Å². The van der Waals surface area contributed by atoms with Crippen LogP contribution in [0.5, 0.6) is 0 Å². The van der Waals surface area contributed by atoms with Crippen molar-refractivity contribution in [2.24, 2.45) is 0 Å². The van der Waals surface area contributed by atoms with Gasteiger partial charge in [-0.25, -0.2) is 14.8 Å². The molecular weight excluding hydrogens is 284 g/mol. The lowest BCUT2D eigenvalue weighted by molar-refractivity contribution is 0.0460. The molecule has 0 bridgehead atoms. The van der Waals surface area contributed by atoms with Crippen molar-refractivity contribution in [3.8, 4) is 0 Å². The number of nitrogens with zero attached hydrogens (tertiary/aromatic N) is 4. The summed E-state index contributed by atoms with van der Waals surface area (Å²) in [6, 6.07) is 4.98. The third kappa shape index (κ3) is 2.69. The Hall–Kier alpha value is -3.09. The summed E-state index contributed by atoms with van der Waals surface area (Å²) in [5, 5.41) is 0. The second-order valence-corrected chi connectivity index (χ2v) is 4.64. The molecule has 0 unspecified atom stereocenters. The van der Waals surface area contributed by atoms with Gasteiger partial charge in [-0.1, -0.05) is 6.07 Å². The van der Waals surface area contributed by atoms with E-state index in [0.29, 0.717) is 11.3 Å². The minimum absolute atomic E-state index is 0.102. The molecule has 0 spiro atoms. The Bertz CT molecular complexity index is 890. The van der Waals surface area contributed by atoms with E-state index in [0.717, 1.165) is 5.56 Å². The van der Waals surface area contributed by atoms with Crippen molar-refractivity contribution < 1.29 is 9.53 Å². The number of esters is 1. The van der Waals surface area contributed by atoms with Crippen LogP contribution < -0.4 is 5.56 Å². The van der Waals surface area contributed by atoms with Crippen LogP contribution in [0.3, 0.4) is 0 Å². The molecule has 3 aromatic rings. The summed E-state index contributed by atoms with van der Waals surface area (Å²) < 4.78 is 6.55. The summed E-state index contributed by atoms with van der Waals surface area (Å²) in [7, 11) is 0. The molecule has 0 atom stereocenters. The Morgan fingerprint density at radius 1 is 1.36 bits per heavy atom. The smallest absolute Gasteiger partial charge is 0.358 e. The Morgan fingerprint density at radius 3 is 3.00 bits per heavy atom. The SMILES string of the molecule is Cc1cccn2c(=O)cc(COC(=O)c3cnccn3)nc12. The average Bonchev–Trinajstić information content (AvgIpc) is 2.54. The molecule has 7 heteroatoms. The minimum Gasteiger partial charge on any atom is -0.454 e. The molecule has 0 aliphatic heterocycles. The van der Waals surface area contributed by atoms with Gasteiger partial charge >= 0.3 is 5.97 Å². The van der Waals surface area contributed by atoms with Gasteiger partial charge in [-0.05, 0) is 18.6 Å². The summed E-state index contributed by atoms with van der Waals surface area (Å²) in [6.07, 6.45) is 5.83. The molecule has 7 nitrogen and oxygen atoms in total. The van der Waals surface area contributed by atoms with E-state index < -0.39 is 5.97 Å². The zero-order chi connectivity index (χ0) is 15.5. The van der Waals surface area contributed by atoms with Gasteiger partial charge < -0.3 is 4.74 Å². The van der Waals surface area contributed by atoms with Crippen LogP contribution >= 0.6 is 0 Å². The van der Waals surface area contributed by atoms with Crippen LogP contribution in [0.2, 0.25) is 0 Å². The third-order valence-corrected chi connectivity index (χ3v) is 3.06. The van der Waals surface area contributed by atoms with Gasteiger partial charge in [0.1, 0.15) is 12.3 Å². The largest absolute Gasteiger partial charge is 0.454 e. The molecule has 0 amide bonds. The van der Waals surface area contributed by atoms with Crippen LogP contribution in [0.1, 0.15) is 21.7 Å². The maximum Gasteiger partial charge on any atom is 0.358 e. The lowest BCUT2D eigenvalue weighted by Gasteiger charge is -2.07. The molecule has 0 aromatic carbocycles.